The number of nitrogens with zero attached hydrogens (tertiary/aromatic N) is 5. The Labute approximate surface area is 404 Å². The van der Waals surface area contributed by atoms with Gasteiger partial charge < -0.3 is 34.0 Å². The first-order valence-corrected chi connectivity index (χ1v) is 25.9. The molecular formula is C56H131N5O2. The average molecular weight is 907 g/mol. The predicted molar refractivity (Wildman–Crippen MR) is 294 cm³/mol. The fraction of sp³-hybridized carbons (Fsp3) is 1.00. The van der Waals surface area contributed by atoms with Gasteiger partial charge in [-0.25, -0.2) is 0 Å². The number of ether oxygens (including phenoxy) is 2. The first-order valence-electron chi connectivity index (χ1n) is 25.9. The Kier molecular flexibility index (Phi) is 58.9. The molecule has 0 aliphatic rings. The Morgan fingerprint density at radius 2 is 0.873 bits per heavy atom. The Morgan fingerprint density at radius 3 is 1.05 bits per heavy atom. The molecule has 0 saturated heterocycles. The molecular weight excluding hydrogens is 775 g/mol. The van der Waals surface area contributed by atoms with E-state index in [1.165, 1.54) is 71.4 Å². The van der Waals surface area contributed by atoms with E-state index in [4.69, 9.17) is 9.47 Å². The van der Waals surface area contributed by atoms with E-state index in [2.05, 4.69) is 240 Å². The van der Waals surface area contributed by atoms with Crippen molar-refractivity contribution < 1.29 is 9.47 Å². The Balaban J connectivity index is -0.000000116. The standard InChI is InChI=1S/3C9H21N.C8H19N.C8H18O.C7H17N.C6H14O/c1-8(2)9(3,4)7-10(5)6;1-8(2)7-9(3,4)10(5)6;1-5-10(6-2)8-7-9(3)4;1-7(2)8(3)6-9(4)5;1-7(2)5-6-9-8(3)4;1-7(2)5-6-8(3)4;1-6(2)4-5-7-3/h2*8H,7H2,1-6H3;9H,5-8H2,1-4H3;7-8H,6H2,1-5H3;7-8H,5-6H2,1-4H3;7H,5-6H2,1-4H3;6H,4-5H2,1-3H3. The normalized spacial score (nSPS) is 12.3. The summed E-state index contributed by atoms with van der Waals surface area (Å²) in [5, 5.41) is 0. The molecule has 392 valence electrons. The van der Waals surface area contributed by atoms with Crippen molar-refractivity contribution >= 4 is 0 Å². The first-order chi connectivity index (χ1) is 28.5. The molecule has 7 nitrogen and oxygen atoms in total. The minimum absolute atomic E-state index is 0.355. The van der Waals surface area contributed by atoms with Gasteiger partial charge in [0, 0.05) is 39.0 Å². The van der Waals surface area contributed by atoms with Crippen molar-refractivity contribution in [1.82, 2.24) is 24.5 Å². The summed E-state index contributed by atoms with van der Waals surface area (Å²) >= 11 is 0. The molecule has 0 heterocycles. The molecule has 0 saturated carbocycles. The summed E-state index contributed by atoms with van der Waals surface area (Å²) in [6, 6.07) is 0. The van der Waals surface area contributed by atoms with Crippen LogP contribution in [0.2, 0.25) is 0 Å². The van der Waals surface area contributed by atoms with Gasteiger partial charge >= 0.3 is 0 Å². The molecule has 0 rings (SSSR count). The van der Waals surface area contributed by atoms with E-state index in [-0.39, 0.29) is 0 Å². The SMILES string of the molecule is CC(C)C(C)(C)CN(C)C.CC(C)C(C)CN(C)C.CC(C)CC(C)(C)N(C)C.CC(C)CCN(C)C.CC(C)CCOC(C)C.CCN(CC)CCC(C)C.COCCC(C)C. The number of hydrogen-bond donors (Lipinski definition) is 0. The van der Waals surface area contributed by atoms with Crippen LogP contribution < -0.4 is 0 Å². The lowest BCUT2D eigenvalue weighted by Gasteiger charge is -2.34. The van der Waals surface area contributed by atoms with E-state index in [9.17, 15) is 0 Å². The zero-order valence-electron chi connectivity index (χ0n) is 50.4. The number of rotatable bonds is 24. The summed E-state index contributed by atoms with van der Waals surface area (Å²) in [6.07, 6.45) is 6.66. The second-order valence-corrected chi connectivity index (χ2v) is 23.6. The minimum atomic E-state index is 0.355. The molecule has 0 aromatic heterocycles. The second kappa shape index (κ2) is 48.2. The van der Waals surface area contributed by atoms with Crippen molar-refractivity contribution in [2.75, 3.05) is 116 Å². The third-order valence-electron chi connectivity index (χ3n) is 11.3. The molecule has 1 atom stereocenters. The molecule has 0 fully saturated rings. The summed E-state index contributed by atoms with van der Waals surface area (Å²) in [4.78, 5) is 11.5. The molecule has 0 spiro atoms. The largest absolute Gasteiger partial charge is 0.385 e. The van der Waals surface area contributed by atoms with E-state index < -0.39 is 0 Å². The molecule has 0 aromatic carbocycles. The maximum Gasteiger partial charge on any atom is 0.0518 e. The Hall–Kier alpha value is -0.280. The van der Waals surface area contributed by atoms with Crippen LogP contribution in [0.1, 0.15) is 191 Å². The van der Waals surface area contributed by atoms with Gasteiger partial charge in [0.2, 0.25) is 0 Å². The molecule has 0 bridgehead atoms. The van der Waals surface area contributed by atoms with Crippen molar-refractivity contribution in [3.8, 4) is 0 Å². The van der Waals surface area contributed by atoms with Crippen LogP contribution >= 0.6 is 0 Å². The van der Waals surface area contributed by atoms with Crippen LogP contribution in [0.4, 0.5) is 0 Å². The third-order valence-corrected chi connectivity index (χ3v) is 11.3. The molecule has 63 heavy (non-hydrogen) atoms. The first kappa shape index (κ1) is 77.0. The van der Waals surface area contributed by atoms with Gasteiger partial charge in [0.15, 0.2) is 0 Å². The monoisotopic (exact) mass is 906 g/mol. The molecule has 0 aliphatic heterocycles. The zero-order chi connectivity index (χ0) is 51.7. The molecule has 0 radical (unpaired) electrons. The van der Waals surface area contributed by atoms with E-state index >= 15 is 0 Å². The van der Waals surface area contributed by atoms with Gasteiger partial charge in [0.05, 0.1) is 6.10 Å². The van der Waals surface area contributed by atoms with Crippen LogP contribution in [-0.4, -0.2) is 152 Å². The van der Waals surface area contributed by atoms with Gasteiger partial charge in [-0.1, -0.05) is 132 Å². The average Bonchev–Trinajstić information content (AvgIpc) is 3.10. The predicted octanol–water partition coefficient (Wildman–Crippen LogP) is 14.5. The summed E-state index contributed by atoms with van der Waals surface area (Å²) in [5.74, 6) is 6.42. The lowest BCUT2D eigenvalue weighted by Crippen LogP contribution is -2.39. The van der Waals surface area contributed by atoms with Crippen LogP contribution in [0, 0.1) is 52.8 Å². The number of hydrogen-bond acceptors (Lipinski definition) is 7. The van der Waals surface area contributed by atoms with Gasteiger partial charge in [-0.3, -0.25) is 0 Å². The summed E-state index contributed by atoms with van der Waals surface area (Å²) in [7, 11) is 18.8. The van der Waals surface area contributed by atoms with Crippen molar-refractivity contribution in [2.45, 2.75) is 203 Å². The zero-order valence-corrected chi connectivity index (χ0v) is 50.4. The fourth-order valence-electron chi connectivity index (χ4n) is 5.36. The van der Waals surface area contributed by atoms with Gasteiger partial charge in [0.1, 0.15) is 0 Å². The number of methoxy groups -OCH3 is 1. The van der Waals surface area contributed by atoms with Gasteiger partial charge in [-0.15, -0.1) is 0 Å². The molecule has 7 heteroatoms. The minimum Gasteiger partial charge on any atom is -0.385 e. The highest BCUT2D eigenvalue weighted by atomic mass is 16.5. The van der Waals surface area contributed by atoms with Gasteiger partial charge in [-0.2, -0.15) is 0 Å². The van der Waals surface area contributed by atoms with E-state index in [0.29, 0.717) is 17.1 Å². The summed E-state index contributed by atoms with van der Waals surface area (Å²) in [5.41, 5.74) is 0.803. The Bertz CT molecular complexity index is 803. The summed E-state index contributed by atoms with van der Waals surface area (Å²) < 4.78 is 10.2. The molecule has 0 N–H and O–H groups in total. The van der Waals surface area contributed by atoms with Crippen LogP contribution in [0.15, 0.2) is 0 Å². The highest BCUT2D eigenvalue weighted by Crippen LogP contribution is 2.26. The van der Waals surface area contributed by atoms with E-state index in [0.717, 1.165) is 60.6 Å². The second-order valence-electron chi connectivity index (χ2n) is 23.6. The maximum atomic E-state index is 5.35. The fourth-order valence-corrected chi connectivity index (χ4v) is 5.36. The summed E-state index contributed by atoms with van der Waals surface area (Å²) in [6.45, 7) is 60.7. The molecule has 1 unspecified atom stereocenters. The van der Waals surface area contributed by atoms with Crippen molar-refractivity contribution in [3.63, 3.8) is 0 Å². The van der Waals surface area contributed by atoms with Gasteiger partial charge in [0.25, 0.3) is 0 Å². The quantitative estimate of drug-likeness (QED) is 0.0955. The molecule has 0 amide bonds. The van der Waals surface area contributed by atoms with Crippen molar-refractivity contribution in [1.29, 1.82) is 0 Å². The van der Waals surface area contributed by atoms with E-state index in [1.807, 2.05) is 0 Å². The maximum absolute atomic E-state index is 5.35. The molecule has 0 aliphatic carbocycles. The van der Waals surface area contributed by atoms with Crippen molar-refractivity contribution in [2.24, 2.45) is 52.8 Å². The van der Waals surface area contributed by atoms with E-state index in [1.54, 1.807) is 7.11 Å². The van der Waals surface area contributed by atoms with Crippen LogP contribution in [0.3, 0.4) is 0 Å². The molecule has 0 aromatic rings. The topological polar surface area (TPSA) is 34.7 Å². The third kappa shape index (κ3) is 76.3. The Morgan fingerprint density at radius 1 is 0.476 bits per heavy atom. The smallest absolute Gasteiger partial charge is 0.0518 e. The van der Waals surface area contributed by atoms with Gasteiger partial charge in [-0.05, 0) is 195 Å². The lowest BCUT2D eigenvalue weighted by atomic mass is 9.81. The highest BCUT2D eigenvalue weighted by Gasteiger charge is 2.22. The van der Waals surface area contributed by atoms with Crippen molar-refractivity contribution in [3.05, 3.63) is 0 Å². The van der Waals surface area contributed by atoms with Crippen LogP contribution in [0.5, 0.6) is 0 Å². The van der Waals surface area contributed by atoms with Crippen LogP contribution in [-0.2, 0) is 9.47 Å². The lowest BCUT2D eigenvalue weighted by molar-refractivity contribution is 0.0710. The highest BCUT2D eigenvalue weighted by molar-refractivity contribution is 4.77. The van der Waals surface area contributed by atoms with Crippen LogP contribution in [0.25, 0.3) is 0 Å².